The van der Waals surface area contributed by atoms with Crippen molar-refractivity contribution in [1.29, 1.82) is 0 Å². The molecule has 16 nitrogen and oxygen atoms in total. The molecule has 0 saturated carbocycles. The number of guanidine groups is 1. The highest BCUT2D eigenvalue weighted by molar-refractivity contribution is 5.95. The lowest BCUT2D eigenvalue weighted by Crippen LogP contribution is -2.55. The molecule has 1 aromatic carbocycles. The number of nitrogens with zero attached hydrogens (tertiary/aromatic N) is 3. The molecular weight excluding hydrogens is 586 g/mol. The van der Waals surface area contributed by atoms with Crippen molar-refractivity contribution >= 4 is 41.5 Å². The van der Waals surface area contributed by atoms with Gasteiger partial charge in [0.15, 0.2) is 5.96 Å². The van der Waals surface area contributed by atoms with E-state index in [0.29, 0.717) is 58.2 Å². The molecule has 45 heavy (non-hydrogen) atoms. The molecule has 2 heterocycles. The van der Waals surface area contributed by atoms with E-state index in [0.717, 1.165) is 5.56 Å². The van der Waals surface area contributed by atoms with Crippen LogP contribution in [0.15, 0.2) is 35.3 Å². The summed E-state index contributed by atoms with van der Waals surface area (Å²) < 4.78 is 0. The Hall–Kier alpha value is -4.73. The molecule has 0 aromatic heterocycles. The number of hydrogen-bond donors (Lipinski definition) is 7. The van der Waals surface area contributed by atoms with Crippen LogP contribution in [0.3, 0.4) is 0 Å². The molecule has 0 spiro atoms. The summed E-state index contributed by atoms with van der Waals surface area (Å²) in [7, 11) is 0. The molecule has 10 N–H and O–H groups in total. The number of amides is 5. The number of aliphatic imine (C=N–C) groups is 1. The molecule has 0 bridgehead atoms. The molecule has 0 unspecified atom stereocenters. The van der Waals surface area contributed by atoms with Gasteiger partial charge in [0.05, 0.1) is 19.1 Å². The van der Waals surface area contributed by atoms with Gasteiger partial charge in [-0.25, -0.2) is 4.79 Å². The van der Waals surface area contributed by atoms with Crippen molar-refractivity contribution < 1.29 is 33.9 Å². The van der Waals surface area contributed by atoms with Crippen LogP contribution in [0.25, 0.3) is 0 Å². The molecule has 2 fully saturated rings. The number of aliphatic carboxylic acids is 1. The fourth-order valence-corrected chi connectivity index (χ4v) is 5.44. The van der Waals surface area contributed by atoms with Gasteiger partial charge in [0.1, 0.15) is 18.1 Å². The first-order valence-corrected chi connectivity index (χ1v) is 15.0. The largest absolute Gasteiger partial charge is 0.480 e. The number of rotatable bonds is 15. The summed E-state index contributed by atoms with van der Waals surface area (Å²) in [5, 5.41) is 17.0. The maximum absolute atomic E-state index is 13.5. The number of hydrogen-bond acceptors (Lipinski definition) is 8. The van der Waals surface area contributed by atoms with E-state index in [4.69, 9.17) is 17.2 Å². The number of likely N-dealkylation sites (tertiary alicyclic amines) is 2. The Morgan fingerprint density at radius 1 is 0.933 bits per heavy atom. The molecule has 2 aliphatic heterocycles. The smallest absolute Gasteiger partial charge is 0.326 e. The second-order valence-corrected chi connectivity index (χ2v) is 11.1. The van der Waals surface area contributed by atoms with E-state index in [1.165, 1.54) is 9.80 Å². The Balaban J connectivity index is 1.48. The lowest BCUT2D eigenvalue weighted by Gasteiger charge is -2.31. The number of carboxylic acids is 1. The molecule has 16 heteroatoms. The zero-order valence-corrected chi connectivity index (χ0v) is 25.2. The van der Waals surface area contributed by atoms with E-state index in [2.05, 4.69) is 20.9 Å². The Bertz CT molecular complexity index is 1260. The molecule has 2 aliphatic rings. The van der Waals surface area contributed by atoms with Crippen molar-refractivity contribution in [2.24, 2.45) is 22.2 Å². The van der Waals surface area contributed by atoms with Crippen molar-refractivity contribution in [1.82, 2.24) is 25.8 Å². The topological polar surface area (TPSA) is 256 Å². The van der Waals surface area contributed by atoms with Crippen LogP contribution in [-0.4, -0.2) is 113 Å². The number of benzene rings is 1. The maximum Gasteiger partial charge on any atom is 0.326 e. The van der Waals surface area contributed by atoms with Gasteiger partial charge in [-0.05, 0) is 44.1 Å². The zero-order valence-electron chi connectivity index (χ0n) is 25.2. The van der Waals surface area contributed by atoms with Gasteiger partial charge in [0.25, 0.3) is 0 Å². The van der Waals surface area contributed by atoms with Gasteiger partial charge in [-0.1, -0.05) is 30.3 Å². The summed E-state index contributed by atoms with van der Waals surface area (Å²) in [6.45, 7) is 0.174. The van der Waals surface area contributed by atoms with Gasteiger partial charge in [0.2, 0.25) is 29.5 Å². The number of carboxylic acid groups (broad SMARTS) is 1. The molecular formula is C29H43N9O7. The average Bonchev–Trinajstić information content (AvgIpc) is 3.71. The maximum atomic E-state index is 13.5. The average molecular weight is 630 g/mol. The van der Waals surface area contributed by atoms with E-state index in [9.17, 15) is 33.9 Å². The van der Waals surface area contributed by atoms with Crippen LogP contribution in [0.4, 0.5) is 0 Å². The Kier molecular flexibility index (Phi) is 13.1. The van der Waals surface area contributed by atoms with E-state index >= 15 is 0 Å². The van der Waals surface area contributed by atoms with Crippen molar-refractivity contribution in [2.45, 2.75) is 69.1 Å². The molecule has 0 aliphatic carbocycles. The highest BCUT2D eigenvalue weighted by atomic mass is 16.4. The molecule has 5 amide bonds. The second kappa shape index (κ2) is 16.9. The standard InChI is InChI=1S/C29H43N9O7/c30-19(9-4-12-33-29(31)32)25(41)35-17-24(40)37-13-6-11-22(37)27(43)38-14-5-10-21(38)26(42)34-16-23(39)36-20(28(44)45)15-18-7-2-1-3-8-18/h1-3,7-8,19-22H,4-6,9-17,30H2,(H,34,42)(H,35,41)(H,36,39)(H,44,45)(H4,31,32,33)/t19-,20-,21-,22-/m0/s1. The van der Waals surface area contributed by atoms with Crippen molar-refractivity contribution in [3.05, 3.63) is 35.9 Å². The van der Waals surface area contributed by atoms with Gasteiger partial charge in [-0.2, -0.15) is 0 Å². The Morgan fingerprint density at radius 3 is 2.27 bits per heavy atom. The van der Waals surface area contributed by atoms with E-state index in [1.807, 2.05) is 0 Å². The summed E-state index contributed by atoms with van der Waals surface area (Å²) in [6.07, 6.45) is 2.81. The molecule has 0 radical (unpaired) electrons. The SMILES string of the molecule is NC(N)=NCCC[C@H](N)C(=O)NCC(=O)N1CCC[C@H]1C(=O)N1CCC[C@H]1C(=O)NCC(=O)N[C@@H](Cc1ccccc1)C(=O)O. The summed E-state index contributed by atoms with van der Waals surface area (Å²) >= 11 is 0. The Morgan fingerprint density at radius 2 is 1.60 bits per heavy atom. The summed E-state index contributed by atoms with van der Waals surface area (Å²) in [4.78, 5) is 82.7. The number of nitrogens with two attached hydrogens (primary N) is 3. The quantitative estimate of drug-likeness (QED) is 0.0604. The lowest BCUT2D eigenvalue weighted by molar-refractivity contribution is -0.146. The minimum Gasteiger partial charge on any atom is -0.480 e. The van der Waals surface area contributed by atoms with Gasteiger partial charge in [-0.15, -0.1) is 0 Å². The third kappa shape index (κ3) is 10.4. The minimum absolute atomic E-state index is 0.0533. The van der Waals surface area contributed by atoms with Crippen molar-refractivity contribution in [2.75, 3.05) is 32.7 Å². The molecule has 2 saturated heterocycles. The molecule has 3 rings (SSSR count). The monoisotopic (exact) mass is 629 g/mol. The minimum atomic E-state index is -1.20. The number of carbonyl (C=O) groups is 6. The van der Waals surface area contributed by atoms with E-state index in [-0.39, 0.29) is 24.8 Å². The first kappa shape index (κ1) is 34.8. The van der Waals surface area contributed by atoms with E-state index in [1.54, 1.807) is 30.3 Å². The molecule has 4 atom stereocenters. The zero-order chi connectivity index (χ0) is 32.9. The third-order valence-electron chi connectivity index (χ3n) is 7.75. The van der Waals surface area contributed by atoms with Crippen LogP contribution in [0, 0.1) is 0 Å². The fraction of sp³-hybridized carbons (Fsp3) is 0.552. The first-order valence-electron chi connectivity index (χ1n) is 15.0. The van der Waals surface area contributed by atoms with Crippen LogP contribution < -0.4 is 33.2 Å². The van der Waals surface area contributed by atoms with Crippen LogP contribution in [0.1, 0.15) is 44.1 Å². The highest BCUT2D eigenvalue weighted by Crippen LogP contribution is 2.25. The predicted molar refractivity (Wildman–Crippen MR) is 163 cm³/mol. The van der Waals surface area contributed by atoms with Crippen LogP contribution in [-0.2, 0) is 35.2 Å². The van der Waals surface area contributed by atoms with E-state index < -0.39 is 60.3 Å². The lowest BCUT2D eigenvalue weighted by atomic mass is 10.1. The van der Waals surface area contributed by atoms with Crippen molar-refractivity contribution in [3.8, 4) is 0 Å². The predicted octanol–water partition coefficient (Wildman–Crippen LogP) is -2.61. The number of nitrogens with one attached hydrogen (secondary N) is 3. The molecule has 1 aromatic rings. The second-order valence-electron chi connectivity index (χ2n) is 11.1. The summed E-state index contributed by atoms with van der Waals surface area (Å²) in [5.74, 6) is -3.79. The summed E-state index contributed by atoms with van der Waals surface area (Å²) in [6, 6.07) is 5.18. The van der Waals surface area contributed by atoms with Gasteiger partial charge in [0, 0.05) is 26.1 Å². The summed E-state index contributed by atoms with van der Waals surface area (Å²) in [5.41, 5.74) is 17.2. The fourth-order valence-electron chi connectivity index (χ4n) is 5.44. The highest BCUT2D eigenvalue weighted by Gasteiger charge is 2.42. The van der Waals surface area contributed by atoms with Gasteiger partial charge < -0.3 is 48.1 Å². The third-order valence-corrected chi connectivity index (χ3v) is 7.75. The normalized spacial score (nSPS) is 18.9. The first-order chi connectivity index (χ1) is 21.5. The van der Waals surface area contributed by atoms with Crippen LogP contribution >= 0.6 is 0 Å². The van der Waals surface area contributed by atoms with Crippen LogP contribution in [0.5, 0.6) is 0 Å². The molecule has 246 valence electrons. The van der Waals surface area contributed by atoms with Gasteiger partial charge >= 0.3 is 5.97 Å². The van der Waals surface area contributed by atoms with Crippen molar-refractivity contribution in [3.63, 3.8) is 0 Å². The Labute approximate surface area is 261 Å². The van der Waals surface area contributed by atoms with Crippen LogP contribution in [0.2, 0.25) is 0 Å². The number of carbonyl (C=O) groups excluding carboxylic acids is 5. The van der Waals surface area contributed by atoms with Gasteiger partial charge in [-0.3, -0.25) is 29.0 Å².